The van der Waals surface area contributed by atoms with E-state index < -0.39 is 24.4 Å². The van der Waals surface area contributed by atoms with Crippen LogP contribution in [0.2, 0.25) is 19.8 Å². The molecule has 0 radical (unpaired) electrons. The topological polar surface area (TPSA) is 0 Å². The van der Waals surface area contributed by atoms with Crippen molar-refractivity contribution in [2.75, 3.05) is 0 Å². The predicted octanol–water partition coefficient (Wildman–Crippen LogP) is 5.04. The molecule has 0 atom stereocenters. The van der Waals surface area contributed by atoms with Crippen LogP contribution in [0.3, 0.4) is 0 Å². The first-order valence-corrected chi connectivity index (χ1v) is 43.6. The van der Waals surface area contributed by atoms with Crippen molar-refractivity contribution in [3.05, 3.63) is 0 Å². The summed E-state index contributed by atoms with van der Waals surface area (Å²) >= 11 is 10.6. The Morgan fingerprint density at radius 1 is 0.900 bits per heavy atom. The van der Waals surface area contributed by atoms with E-state index in [2.05, 4.69) is 82.4 Å². The Bertz CT molecular complexity index is 62.2. The monoisotopic (exact) mass is 712 g/mol. The third-order valence-electron chi connectivity index (χ3n) is 0. The summed E-state index contributed by atoms with van der Waals surface area (Å²) in [4.78, 5) is 9.20. The van der Waals surface area contributed by atoms with Crippen molar-refractivity contribution in [3.8, 4) is 0 Å². The van der Waals surface area contributed by atoms with Crippen LogP contribution < -0.4 is 0 Å². The van der Waals surface area contributed by atoms with Crippen LogP contribution in [0.15, 0.2) is 0 Å². The Kier molecular flexibility index (Phi) is 12.1. The molecule has 0 amide bonds. The second-order valence-electron chi connectivity index (χ2n) is 2.65. The van der Waals surface area contributed by atoms with Gasteiger partial charge in [0.25, 0.3) is 0 Å². The molecule has 0 saturated carbocycles. The molecule has 0 unspecified atom stereocenters. The Morgan fingerprint density at radius 2 is 0.900 bits per heavy atom. The van der Waals surface area contributed by atoms with Gasteiger partial charge < -0.3 is 0 Å². The molecule has 10 heavy (non-hydrogen) atoms. The third kappa shape index (κ3) is 90.4. The van der Waals surface area contributed by atoms with Crippen LogP contribution in [0.25, 0.3) is 0 Å². The molecule has 0 nitrogen and oxygen atoms in total. The molecule has 0 spiro atoms. The van der Waals surface area contributed by atoms with Crippen LogP contribution in [-0.2, 0) is 0 Å². The normalized spacial score (nSPS) is 12.0. The summed E-state index contributed by atoms with van der Waals surface area (Å²) in [6.45, 7) is 0. The summed E-state index contributed by atoms with van der Waals surface area (Å²) in [6.07, 6.45) is 0. The zero-order chi connectivity index (χ0) is 9.00. The first-order chi connectivity index (χ1) is 4.00. The Hall–Kier alpha value is 4.02. The number of hydrogen-bond donors (Lipinski definition) is 0. The predicted molar refractivity (Wildman–Crippen MR) is 80.9 cm³/mol. The fraction of sp³-hybridized carbons (Fsp3) is 1.00. The molecule has 0 N–H and O–H groups in total. The van der Waals surface area contributed by atoms with E-state index in [-0.39, 0.29) is 0 Å². The second-order valence-corrected chi connectivity index (χ2v) is 102. The standard InChI is InChI=1S/4CH3.2BrH.2HI.2Sn/h4*1H3;4*1H;;/q;;;;;;;;2*+2/p-4. The summed E-state index contributed by atoms with van der Waals surface area (Å²) in [5.74, 6) is 0. The molecule has 0 heterocycles. The summed E-state index contributed by atoms with van der Waals surface area (Å²) in [5.41, 5.74) is 0. The van der Waals surface area contributed by atoms with Gasteiger partial charge in [0, 0.05) is 0 Å². The first-order valence-electron chi connectivity index (χ1n) is 2.76. The molecule has 0 aromatic heterocycles. The Morgan fingerprint density at radius 3 is 0.900 bits per heavy atom. The van der Waals surface area contributed by atoms with Crippen molar-refractivity contribution in [1.29, 1.82) is 0 Å². The zero-order valence-corrected chi connectivity index (χ0v) is 19.7. The molecule has 0 aromatic carbocycles. The SMILES string of the molecule is [CH3][Sn]([CH3])([Br])[Br].[CH3][Sn]([CH3])([I])[I]. The van der Waals surface area contributed by atoms with E-state index in [9.17, 15) is 0 Å². The van der Waals surface area contributed by atoms with Crippen molar-refractivity contribution >= 4 is 87.1 Å². The average molecular weight is 711 g/mol. The summed E-state index contributed by atoms with van der Waals surface area (Å²) in [7, 11) is -1.24. The molecular weight excluding hydrogens is 699 g/mol. The van der Waals surface area contributed by atoms with Gasteiger partial charge in [0.05, 0.1) is 0 Å². The van der Waals surface area contributed by atoms with Crippen LogP contribution in [-0.4, -0.2) is 24.4 Å². The molecule has 0 aliphatic carbocycles. The molecular formula is C4H12Br2I2Sn2. The first kappa shape index (κ1) is 16.4. The molecule has 0 aromatic rings. The van der Waals surface area contributed by atoms with Crippen LogP contribution in [0, 0.1) is 0 Å². The average Bonchev–Trinajstić information content (AvgIpc) is 1.12. The van der Waals surface area contributed by atoms with Gasteiger partial charge in [-0.25, -0.2) is 0 Å². The summed E-state index contributed by atoms with van der Waals surface area (Å²) < 4.78 is 0. The zero-order valence-electron chi connectivity index (χ0n) is 6.51. The van der Waals surface area contributed by atoms with E-state index in [0.717, 1.165) is 0 Å². The number of hydrogen-bond acceptors (Lipinski definition) is 0. The van der Waals surface area contributed by atoms with Crippen LogP contribution in [0.1, 0.15) is 0 Å². The van der Waals surface area contributed by atoms with Gasteiger partial charge in [-0.3, -0.25) is 0 Å². The van der Waals surface area contributed by atoms with Gasteiger partial charge in [0.2, 0.25) is 0 Å². The fourth-order valence-electron chi connectivity index (χ4n) is 0. The van der Waals surface area contributed by atoms with E-state index in [1.165, 1.54) is 0 Å². The van der Waals surface area contributed by atoms with Crippen LogP contribution in [0.5, 0.6) is 0 Å². The van der Waals surface area contributed by atoms with Crippen molar-refractivity contribution in [1.82, 2.24) is 0 Å². The van der Waals surface area contributed by atoms with E-state index in [1.807, 2.05) is 0 Å². The van der Waals surface area contributed by atoms with Crippen LogP contribution in [0.4, 0.5) is 0 Å². The summed E-state index contributed by atoms with van der Waals surface area (Å²) in [5, 5.41) is 0. The second kappa shape index (κ2) is 7.33. The van der Waals surface area contributed by atoms with Gasteiger partial charge in [-0.1, -0.05) is 0 Å². The molecule has 0 saturated heterocycles. The molecule has 0 bridgehead atoms. The van der Waals surface area contributed by atoms with Gasteiger partial charge in [-0.2, -0.15) is 0 Å². The third-order valence-corrected chi connectivity index (χ3v) is 0. The minimum absolute atomic E-state index is 1.24. The maximum absolute atomic E-state index is 3.50. The van der Waals surface area contributed by atoms with Crippen molar-refractivity contribution < 1.29 is 0 Å². The van der Waals surface area contributed by atoms with E-state index in [0.29, 0.717) is 0 Å². The minimum atomic E-state index is -1.55. The molecule has 0 rings (SSSR count). The number of rotatable bonds is 0. The molecule has 0 aliphatic rings. The quantitative estimate of drug-likeness (QED) is 0.245. The van der Waals surface area contributed by atoms with Crippen molar-refractivity contribution in [2.24, 2.45) is 0 Å². The Labute approximate surface area is 104 Å². The van der Waals surface area contributed by atoms with Crippen molar-refractivity contribution in [3.63, 3.8) is 0 Å². The van der Waals surface area contributed by atoms with Gasteiger partial charge in [-0.05, 0) is 0 Å². The van der Waals surface area contributed by atoms with Gasteiger partial charge >= 0.3 is 107 Å². The van der Waals surface area contributed by atoms with Crippen molar-refractivity contribution in [2.45, 2.75) is 19.8 Å². The van der Waals surface area contributed by atoms with E-state index in [1.54, 1.807) is 0 Å². The molecule has 64 valence electrons. The maximum atomic E-state index is 3.50. The van der Waals surface area contributed by atoms with Gasteiger partial charge in [0.15, 0.2) is 0 Å². The van der Waals surface area contributed by atoms with Gasteiger partial charge in [0.1, 0.15) is 0 Å². The fourth-order valence-corrected chi connectivity index (χ4v) is 0. The Balaban J connectivity index is 0. The molecule has 0 aliphatic heterocycles. The molecule has 6 heteroatoms. The van der Waals surface area contributed by atoms with Gasteiger partial charge in [-0.15, -0.1) is 0 Å². The van der Waals surface area contributed by atoms with E-state index in [4.69, 9.17) is 0 Å². The van der Waals surface area contributed by atoms with Crippen LogP contribution >= 0.6 is 62.7 Å². The van der Waals surface area contributed by atoms with E-state index >= 15 is 0 Å². The molecule has 0 fully saturated rings. The number of halogens is 4. The summed E-state index contributed by atoms with van der Waals surface area (Å²) in [6, 6.07) is 0.